The van der Waals surface area contributed by atoms with Crippen molar-refractivity contribution < 1.29 is 14.3 Å². The zero-order chi connectivity index (χ0) is 21.2. The molecule has 0 aliphatic rings. The molecule has 6 nitrogen and oxygen atoms in total. The molecule has 0 atom stereocenters. The molecule has 0 spiro atoms. The highest BCUT2D eigenvalue weighted by Crippen LogP contribution is 2.17. The van der Waals surface area contributed by atoms with Crippen molar-refractivity contribution in [3.05, 3.63) is 54.1 Å². The van der Waals surface area contributed by atoms with Gasteiger partial charge in [0, 0.05) is 22.9 Å². The molecule has 29 heavy (non-hydrogen) atoms. The van der Waals surface area contributed by atoms with Gasteiger partial charge in [0.25, 0.3) is 5.91 Å². The first kappa shape index (κ1) is 22.4. The van der Waals surface area contributed by atoms with Gasteiger partial charge < -0.3 is 15.4 Å². The van der Waals surface area contributed by atoms with Crippen LogP contribution in [0.25, 0.3) is 0 Å². The molecule has 2 aromatic carbocycles. The molecule has 0 heterocycles. The quantitative estimate of drug-likeness (QED) is 0.436. The largest absolute Gasteiger partial charge is 0.494 e. The number of nitrogens with one attached hydrogen (secondary N) is 3. The number of hydrogen-bond acceptors (Lipinski definition) is 4. The topological polar surface area (TPSA) is 79.5 Å². The SMILES string of the molecule is CCCCOc1cccc(C(=O)NC(=S)Nc2cccc(NC(=O)C(C)C)c2)c1. The molecule has 0 saturated heterocycles. The molecule has 0 aliphatic carbocycles. The second kappa shape index (κ2) is 11.2. The van der Waals surface area contributed by atoms with Gasteiger partial charge in [-0.1, -0.05) is 39.3 Å². The van der Waals surface area contributed by atoms with E-state index in [-0.39, 0.29) is 22.8 Å². The summed E-state index contributed by atoms with van der Waals surface area (Å²) < 4.78 is 5.64. The zero-order valence-corrected chi connectivity index (χ0v) is 17.8. The molecule has 0 unspecified atom stereocenters. The van der Waals surface area contributed by atoms with Gasteiger partial charge in [0.15, 0.2) is 5.11 Å². The molecule has 3 N–H and O–H groups in total. The lowest BCUT2D eigenvalue weighted by molar-refractivity contribution is -0.118. The van der Waals surface area contributed by atoms with Gasteiger partial charge in [-0.25, -0.2) is 0 Å². The van der Waals surface area contributed by atoms with E-state index in [0.29, 0.717) is 29.3 Å². The maximum absolute atomic E-state index is 12.5. The molecule has 0 bridgehead atoms. The number of amides is 2. The standard InChI is InChI=1S/C22H27N3O3S/c1-4-5-12-28-19-11-6-8-16(13-19)21(27)25-22(29)24-18-10-7-9-17(14-18)23-20(26)15(2)3/h6-11,13-15H,4-5,12H2,1-3H3,(H,23,26)(H2,24,25,27,29). The molecule has 2 rings (SSSR count). The minimum Gasteiger partial charge on any atom is -0.494 e. The summed E-state index contributed by atoms with van der Waals surface area (Å²) in [6.07, 6.45) is 2.00. The van der Waals surface area contributed by atoms with Crippen LogP contribution in [0.3, 0.4) is 0 Å². The van der Waals surface area contributed by atoms with E-state index in [1.807, 2.05) is 19.9 Å². The molecular weight excluding hydrogens is 386 g/mol. The van der Waals surface area contributed by atoms with Crippen LogP contribution in [0.2, 0.25) is 0 Å². The Morgan fingerprint density at radius 3 is 2.41 bits per heavy atom. The van der Waals surface area contributed by atoms with Gasteiger partial charge in [-0.15, -0.1) is 0 Å². The number of thiocarbonyl (C=S) groups is 1. The summed E-state index contributed by atoms with van der Waals surface area (Å²) in [6, 6.07) is 14.1. The average Bonchev–Trinajstić information content (AvgIpc) is 2.68. The molecular formula is C22H27N3O3S. The van der Waals surface area contributed by atoms with Gasteiger partial charge in [-0.3, -0.25) is 14.9 Å². The van der Waals surface area contributed by atoms with Gasteiger partial charge in [-0.05, 0) is 55.0 Å². The average molecular weight is 414 g/mol. The van der Waals surface area contributed by atoms with E-state index in [2.05, 4.69) is 22.9 Å². The summed E-state index contributed by atoms with van der Waals surface area (Å²) in [5.41, 5.74) is 1.77. The van der Waals surface area contributed by atoms with Gasteiger partial charge in [-0.2, -0.15) is 0 Å². The van der Waals surface area contributed by atoms with Crippen LogP contribution in [0.1, 0.15) is 44.0 Å². The Kier molecular flexibility index (Phi) is 8.61. The van der Waals surface area contributed by atoms with E-state index in [1.54, 1.807) is 42.5 Å². The minimum absolute atomic E-state index is 0.0703. The van der Waals surface area contributed by atoms with E-state index in [9.17, 15) is 9.59 Å². The lowest BCUT2D eigenvalue weighted by atomic mass is 10.2. The van der Waals surface area contributed by atoms with Crippen molar-refractivity contribution in [1.29, 1.82) is 0 Å². The van der Waals surface area contributed by atoms with Gasteiger partial charge in [0.1, 0.15) is 5.75 Å². The number of carbonyl (C=O) groups excluding carboxylic acids is 2. The van der Waals surface area contributed by atoms with Crippen molar-refractivity contribution in [2.24, 2.45) is 5.92 Å². The fraction of sp³-hybridized carbons (Fsp3) is 0.318. The third-order valence-corrected chi connectivity index (χ3v) is 4.21. The number of benzene rings is 2. The Balaban J connectivity index is 1.94. The fourth-order valence-corrected chi connectivity index (χ4v) is 2.57. The first-order valence-electron chi connectivity index (χ1n) is 9.65. The van der Waals surface area contributed by atoms with Crippen molar-refractivity contribution in [3.63, 3.8) is 0 Å². The van der Waals surface area contributed by atoms with Crippen LogP contribution in [-0.4, -0.2) is 23.5 Å². The van der Waals surface area contributed by atoms with E-state index in [0.717, 1.165) is 12.8 Å². The Bertz CT molecular complexity index is 868. The number of ether oxygens (including phenoxy) is 1. The Morgan fingerprint density at radius 1 is 1.03 bits per heavy atom. The van der Waals surface area contributed by atoms with E-state index in [4.69, 9.17) is 17.0 Å². The smallest absolute Gasteiger partial charge is 0.257 e. The van der Waals surface area contributed by atoms with Gasteiger partial charge in [0.05, 0.1) is 6.61 Å². The van der Waals surface area contributed by atoms with Crippen molar-refractivity contribution in [2.75, 3.05) is 17.2 Å². The van der Waals surface area contributed by atoms with Crippen LogP contribution in [-0.2, 0) is 4.79 Å². The van der Waals surface area contributed by atoms with E-state index < -0.39 is 0 Å². The number of carbonyl (C=O) groups is 2. The second-order valence-electron chi connectivity index (χ2n) is 6.86. The molecule has 2 aromatic rings. The fourth-order valence-electron chi connectivity index (χ4n) is 2.36. The summed E-state index contributed by atoms with van der Waals surface area (Å²) in [4.78, 5) is 24.3. The molecule has 2 amide bonds. The number of anilines is 2. The molecule has 0 radical (unpaired) electrons. The first-order chi connectivity index (χ1) is 13.9. The summed E-state index contributed by atoms with van der Waals surface area (Å²) in [5, 5.41) is 8.61. The Hall–Kier alpha value is -2.93. The van der Waals surface area contributed by atoms with Crippen molar-refractivity contribution in [3.8, 4) is 5.75 Å². The molecule has 0 fully saturated rings. The molecule has 0 aliphatic heterocycles. The summed E-state index contributed by atoms with van der Waals surface area (Å²) in [5.74, 6) is 0.138. The van der Waals surface area contributed by atoms with Crippen molar-refractivity contribution >= 4 is 40.5 Å². The van der Waals surface area contributed by atoms with Crippen molar-refractivity contribution in [2.45, 2.75) is 33.6 Å². The number of rotatable bonds is 8. The van der Waals surface area contributed by atoms with E-state index in [1.165, 1.54) is 0 Å². The maximum Gasteiger partial charge on any atom is 0.257 e. The van der Waals surface area contributed by atoms with Crippen LogP contribution in [0.5, 0.6) is 5.75 Å². The third-order valence-electron chi connectivity index (χ3n) is 4.00. The van der Waals surface area contributed by atoms with Crippen LogP contribution in [0.4, 0.5) is 11.4 Å². The predicted octanol–water partition coefficient (Wildman–Crippen LogP) is 4.59. The highest BCUT2D eigenvalue weighted by Gasteiger charge is 2.10. The van der Waals surface area contributed by atoms with Gasteiger partial charge in [0.2, 0.25) is 5.91 Å². The Labute approximate surface area is 177 Å². The highest BCUT2D eigenvalue weighted by molar-refractivity contribution is 7.80. The second-order valence-corrected chi connectivity index (χ2v) is 7.27. The molecule has 0 saturated carbocycles. The summed E-state index contributed by atoms with van der Waals surface area (Å²) in [7, 11) is 0. The Morgan fingerprint density at radius 2 is 1.72 bits per heavy atom. The number of unbranched alkanes of at least 4 members (excludes halogenated alkanes) is 1. The number of hydrogen-bond donors (Lipinski definition) is 3. The van der Waals surface area contributed by atoms with Crippen molar-refractivity contribution in [1.82, 2.24) is 5.32 Å². The zero-order valence-electron chi connectivity index (χ0n) is 17.0. The lowest BCUT2D eigenvalue weighted by Crippen LogP contribution is -2.34. The first-order valence-corrected chi connectivity index (χ1v) is 10.1. The van der Waals surface area contributed by atoms with Crippen LogP contribution in [0.15, 0.2) is 48.5 Å². The molecule has 7 heteroatoms. The predicted molar refractivity (Wildman–Crippen MR) is 120 cm³/mol. The lowest BCUT2D eigenvalue weighted by Gasteiger charge is -2.12. The van der Waals surface area contributed by atoms with E-state index >= 15 is 0 Å². The van der Waals surface area contributed by atoms with Crippen LogP contribution in [0, 0.1) is 5.92 Å². The summed E-state index contributed by atoms with van der Waals surface area (Å²) in [6.45, 7) is 6.36. The van der Waals surface area contributed by atoms with Gasteiger partial charge >= 0.3 is 0 Å². The normalized spacial score (nSPS) is 10.3. The van der Waals surface area contributed by atoms with Crippen LogP contribution < -0.4 is 20.7 Å². The maximum atomic E-state index is 12.5. The minimum atomic E-state index is -0.326. The third kappa shape index (κ3) is 7.54. The highest BCUT2D eigenvalue weighted by atomic mass is 32.1. The molecule has 0 aromatic heterocycles. The molecule has 154 valence electrons. The monoisotopic (exact) mass is 413 g/mol. The summed E-state index contributed by atoms with van der Waals surface area (Å²) >= 11 is 5.24. The van der Waals surface area contributed by atoms with Crippen LogP contribution >= 0.6 is 12.2 Å².